The van der Waals surface area contributed by atoms with Crippen molar-refractivity contribution >= 4 is 31.6 Å². The van der Waals surface area contributed by atoms with Gasteiger partial charge in [0.25, 0.3) is 20.0 Å². The summed E-state index contributed by atoms with van der Waals surface area (Å²) in [6, 6.07) is 6.39. The largest absolute Gasteiger partial charge is 0.481 e. The summed E-state index contributed by atoms with van der Waals surface area (Å²) in [6.45, 7) is 1.58. The van der Waals surface area contributed by atoms with Gasteiger partial charge in [-0.3, -0.25) is 14.1 Å². The van der Waals surface area contributed by atoms with Crippen LogP contribution in [0.15, 0.2) is 46.3 Å². The number of anilines is 2. The molecule has 12 nitrogen and oxygen atoms in total. The van der Waals surface area contributed by atoms with E-state index in [2.05, 4.69) is 24.5 Å². The molecule has 3 rings (SSSR count). The number of hydrogen-bond acceptors (Lipinski definition) is 9. The minimum absolute atomic E-state index is 0.0278. The van der Waals surface area contributed by atoms with Gasteiger partial charge in [0.1, 0.15) is 4.90 Å². The zero-order valence-electron chi connectivity index (χ0n) is 17.0. The van der Waals surface area contributed by atoms with Gasteiger partial charge in [0.2, 0.25) is 5.88 Å². The summed E-state index contributed by atoms with van der Waals surface area (Å²) in [5.74, 6) is 0.0560. The fourth-order valence-electron chi connectivity index (χ4n) is 2.60. The van der Waals surface area contributed by atoms with Crippen LogP contribution in [0.25, 0.3) is 0 Å². The Bertz CT molecular complexity index is 1280. The Balaban J connectivity index is 1.81. The number of sulfonamides is 2. The van der Waals surface area contributed by atoms with Gasteiger partial charge in [0, 0.05) is 25.0 Å². The lowest BCUT2D eigenvalue weighted by Crippen LogP contribution is -2.15. The summed E-state index contributed by atoms with van der Waals surface area (Å²) in [4.78, 5) is 7.73. The number of nitrogens with zero attached hydrogens (tertiary/aromatic N) is 4. The van der Waals surface area contributed by atoms with Crippen LogP contribution in [-0.4, -0.2) is 50.8 Å². The predicted octanol–water partition coefficient (Wildman–Crippen LogP) is 1.14. The molecule has 0 radical (unpaired) electrons. The van der Waals surface area contributed by atoms with Crippen LogP contribution in [0.1, 0.15) is 5.69 Å². The van der Waals surface area contributed by atoms with Crippen LogP contribution in [0.3, 0.4) is 0 Å². The maximum Gasteiger partial charge on any atom is 0.321 e. The number of aromatic nitrogens is 4. The van der Waals surface area contributed by atoms with Crippen molar-refractivity contribution in [3.8, 4) is 11.9 Å². The lowest BCUT2D eigenvalue weighted by atomic mass is 10.3. The van der Waals surface area contributed by atoms with Crippen molar-refractivity contribution in [2.24, 2.45) is 7.05 Å². The Labute approximate surface area is 179 Å². The van der Waals surface area contributed by atoms with E-state index in [0.29, 0.717) is 5.69 Å². The number of aryl methyl sites for hydroxylation is 2. The number of ether oxygens (including phenoxy) is 2. The number of benzene rings is 1. The topological polar surface area (TPSA) is 154 Å². The van der Waals surface area contributed by atoms with Crippen molar-refractivity contribution < 1.29 is 26.3 Å². The SMILES string of the molecule is COc1cc(NS(=O)(=O)c2ccc(NS(=O)(=O)c3cn(C)nc3C)cc2)nc(OC)n1. The van der Waals surface area contributed by atoms with Crippen LogP contribution in [-0.2, 0) is 27.1 Å². The van der Waals surface area contributed by atoms with Crippen LogP contribution in [0.5, 0.6) is 11.9 Å². The van der Waals surface area contributed by atoms with E-state index in [4.69, 9.17) is 9.47 Å². The van der Waals surface area contributed by atoms with Crippen LogP contribution < -0.4 is 18.9 Å². The Morgan fingerprint density at radius 1 is 0.935 bits per heavy atom. The molecule has 0 fully saturated rings. The number of nitrogens with one attached hydrogen (secondary N) is 2. The summed E-state index contributed by atoms with van der Waals surface area (Å²) in [6.07, 6.45) is 1.38. The molecule has 166 valence electrons. The van der Waals surface area contributed by atoms with Gasteiger partial charge in [-0.2, -0.15) is 15.1 Å². The third-order valence-corrected chi connectivity index (χ3v) is 6.84. The van der Waals surface area contributed by atoms with Gasteiger partial charge >= 0.3 is 6.01 Å². The molecule has 31 heavy (non-hydrogen) atoms. The molecule has 0 saturated carbocycles. The Morgan fingerprint density at radius 2 is 1.61 bits per heavy atom. The molecule has 14 heteroatoms. The first-order chi connectivity index (χ1) is 14.5. The second-order valence-electron chi connectivity index (χ2n) is 6.27. The zero-order valence-corrected chi connectivity index (χ0v) is 18.7. The molecule has 2 aromatic heterocycles. The molecule has 3 aromatic rings. The quantitative estimate of drug-likeness (QED) is 0.495. The lowest BCUT2D eigenvalue weighted by Gasteiger charge is -2.11. The van der Waals surface area contributed by atoms with E-state index < -0.39 is 20.0 Å². The molecule has 0 aliphatic rings. The average Bonchev–Trinajstić information content (AvgIpc) is 3.06. The summed E-state index contributed by atoms with van der Waals surface area (Å²) in [5.41, 5.74) is 0.529. The van der Waals surface area contributed by atoms with E-state index in [9.17, 15) is 16.8 Å². The standard InChI is InChI=1S/C17H20N6O6S2/c1-11-14(10-23(2)20-11)31(26,27)21-12-5-7-13(8-6-12)30(24,25)22-15-9-16(28-3)19-17(18-15)29-4/h5-10,21H,1-4H3,(H,18,19,22). The van der Waals surface area contributed by atoms with Gasteiger partial charge in [-0.05, 0) is 31.2 Å². The van der Waals surface area contributed by atoms with Crippen molar-refractivity contribution in [3.63, 3.8) is 0 Å². The molecule has 1 aromatic carbocycles. The molecule has 0 amide bonds. The molecule has 0 aliphatic carbocycles. The monoisotopic (exact) mass is 468 g/mol. The first-order valence-electron chi connectivity index (χ1n) is 8.67. The van der Waals surface area contributed by atoms with Crippen molar-refractivity contribution in [3.05, 3.63) is 42.2 Å². The molecule has 0 atom stereocenters. The summed E-state index contributed by atoms with van der Waals surface area (Å²) in [5, 5.41) is 4.01. The van der Waals surface area contributed by atoms with Crippen LogP contribution >= 0.6 is 0 Å². The van der Waals surface area contributed by atoms with Gasteiger partial charge in [-0.25, -0.2) is 16.8 Å². The van der Waals surface area contributed by atoms with Crippen molar-refractivity contribution in [2.75, 3.05) is 23.7 Å². The van der Waals surface area contributed by atoms with Gasteiger partial charge < -0.3 is 9.47 Å². The summed E-state index contributed by atoms with van der Waals surface area (Å²) < 4.78 is 66.4. The molecule has 0 saturated heterocycles. The molecular weight excluding hydrogens is 448 g/mol. The maximum absolute atomic E-state index is 12.7. The predicted molar refractivity (Wildman–Crippen MR) is 111 cm³/mol. The first-order valence-corrected chi connectivity index (χ1v) is 11.6. The van der Waals surface area contributed by atoms with Crippen molar-refractivity contribution in [2.45, 2.75) is 16.7 Å². The zero-order chi connectivity index (χ0) is 22.8. The van der Waals surface area contributed by atoms with E-state index >= 15 is 0 Å². The molecule has 2 N–H and O–H groups in total. The second kappa shape index (κ2) is 8.39. The lowest BCUT2D eigenvalue weighted by molar-refractivity contribution is 0.353. The third-order valence-electron chi connectivity index (χ3n) is 3.99. The molecule has 2 heterocycles. The fourth-order valence-corrected chi connectivity index (χ4v) is 4.87. The fraction of sp³-hybridized carbons (Fsp3) is 0.235. The van der Waals surface area contributed by atoms with Crippen LogP contribution in [0.4, 0.5) is 11.5 Å². The van der Waals surface area contributed by atoms with Crippen LogP contribution in [0, 0.1) is 6.92 Å². The molecule has 0 bridgehead atoms. The van der Waals surface area contributed by atoms with Gasteiger partial charge in [-0.15, -0.1) is 0 Å². The summed E-state index contributed by atoms with van der Waals surface area (Å²) >= 11 is 0. The maximum atomic E-state index is 12.7. The van der Waals surface area contributed by atoms with E-state index in [1.165, 1.54) is 55.4 Å². The highest BCUT2D eigenvalue weighted by Crippen LogP contribution is 2.23. The third kappa shape index (κ3) is 5.03. The Hall–Kier alpha value is -3.39. The molecular formula is C17H20N6O6S2. The number of methoxy groups -OCH3 is 2. The van der Waals surface area contributed by atoms with Gasteiger partial charge in [0.15, 0.2) is 5.82 Å². The highest BCUT2D eigenvalue weighted by molar-refractivity contribution is 7.93. The Morgan fingerprint density at radius 3 is 2.16 bits per heavy atom. The molecule has 0 aliphatic heterocycles. The number of hydrogen-bond donors (Lipinski definition) is 2. The van der Waals surface area contributed by atoms with E-state index in [1.54, 1.807) is 14.0 Å². The highest BCUT2D eigenvalue weighted by atomic mass is 32.2. The normalized spacial score (nSPS) is 11.7. The van der Waals surface area contributed by atoms with Crippen LogP contribution in [0.2, 0.25) is 0 Å². The van der Waals surface area contributed by atoms with Gasteiger partial charge in [0.05, 0.1) is 24.8 Å². The Kier molecular flexibility index (Phi) is 6.03. The first kappa shape index (κ1) is 22.3. The van der Waals surface area contributed by atoms with E-state index in [1.807, 2.05) is 0 Å². The van der Waals surface area contributed by atoms with E-state index in [-0.39, 0.29) is 33.2 Å². The van der Waals surface area contributed by atoms with E-state index in [0.717, 1.165) is 0 Å². The summed E-state index contributed by atoms with van der Waals surface area (Å²) in [7, 11) is -3.59. The molecule has 0 spiro atoms. The highest BCUT2D eigenvalue weighted by Gasteiger charge is 2.21. The number of rotatable bonds is 8. The minimum Gasteiger partial charge on any atom is -0.481 e. The molecule has 0 unspecified atom stereocenters. The van der Waals surface area contributed by atoms with Gasteiger partial charge in [-0.1, -0.05) is 0 Å². The smallest absolute Gasteiger partial charge is 0.321 e. The van der Waals surface area contributed by atoms with Crippen molar-refractivity contribution in [1.82, 2.24) is 19.7 Å². The average molecular weight is 469 g/mol. The minimum atomic E-state index is -4.02. The van der Waals surface area contributed by atoms with Crippen molar-refractivity contribution in [1.29, 1.82) is 0 Å². The second-order valence-corrected chi connectivity index (χ2v) is 9.60.